The molecular weight excluding hydrogens is 458 g/mol. The molecule has 3 aromatic carbocycles. The molecule has 182 valence electrons. The van der Waals surface area contributed by atoms with Crippen molar-refractivity contribution in [2.45, 2.75) is 13.8 Å². The molecule has 0 atom stereocenters. The van der Waals surface area contributed by atoms with Gasteiger partial charge in [0.05, 0.1) is 30.4 Å². The van der Waals surface area contributed by atoms with Crippen molar-refractivity contribution < 1.29 is 28.6 Å². The van der Waals surface area contributed by atoms with Crippen LogP contribution in [0.4, 0.5) is 5.69 Å². The van der Waals surface area contributed by atoms with Gasteiger partial charge in [0, 0.05) is 11.4 Å². The van der Waals surface area contributed by atoms with Crippen molar-refractivity contribution in [1.82, 2.24) is 0 Å². The molecule has 0 unspecified atom stereocenters. The molecule has 0 saturated carbocycles. The van der Waals surface area contributed by atoms with Crippen LogP contribution in [0.2, 0.25) is 0 Å². The second kappa shape index (κ2) is 10.7. The summed E-state index contributed by atoms with van der Waals surface area (Å²) in [7, 11) is 1.27. The Bertz CT molecular complexity index is 1360. The van der Waals surface area contributed by atoms with Crippen molar-refractivity contribution in [3.05, 3.63) is 107 Å². The van der Waals surface area contributed by atoms with Crippen LogP contribution in [0.1, 0.15) is 29.8 Å². The number of esters is 2. The summed E-state index contributed by atoms with van der Waals surface area (Å²) in [6.07, 6.45) is 1.64. The molecule has 36 heavy (non-hydrogen) atoms. The molecule has 1 amide bonds. The summed E-state index contributed by atoms with van der Waals surface area (Å²) in [5.74, 6) is -0.173. The Labute approximate surface area is 209 Å². The molecule has 0 radical (unpaired) electrons. The molecule has 0 aromatic heterocycles. The summed E-state index contributed by atoms with van der Waals surface area (Å²) >= 11 is 0. The quantitative estimate of drug-likeness (QED) is 0.325. The first-order valence-corrected chi connectivity index (χ1v) is 11.4. The zero-order chi connectivity index (χ0) is 25.7. The molecule has 7 nitrogen and oxygen atoms in total. The number of anilines is 1. The first kappa shape index (κ1) is 24.5. The highest BCUT2D eigenvalue weighted by molar-refractivity contribution is 6.23. The van der Waals surface area contributed by atoms with Gasteiger partial charge in [0.25, 0.3) is 5.91 Å². The molecular formula is C29H25NO6. The summed E-state index contributed by atoms with van der Waals surface area (Å²) in [6.45, 7) is 3.68. The van der Waals surface area contributed by atoms with E-state index in [1.165, 1.54) is 12.0 Å². The normalized spacial score (nSPS) is 14.2. The van der Waals surface area contributed by atoms with Crippen LogP contribution in [-0.2, 0) is 19.1 Å². The van der Waals surface area contributed by atoms with E-state index >= 15 is 0 Å². The number of amides is 1. The van der Waals surface area contributed by atoms with Gasteiger partial charge in [-0.15, -0.1) is 0 Å². The monoisotopic (exact) mass is 483 g/mol. The number of rotatable bonds is 7. The molecule has 1 heterocycles. The smallest absolute Gasteiger partial charge is 0.340 e. The van der Waals surface area contributed by atoms with Crippen molar-refractivity contribution >= 4 is 29.6 Å². The molecule has 0 aliphatic carbocycles. The van der Waals surface area contributed by atoms with Crippen LogP contribution in [0.15, 0.2) is 95.7 Å². The number of nitrogens with zero attached hydrogens (tertiary/aromatic N) is 1. The molecule has 4 rings (SSSR count). The van der Waals surface area contributed by atoms with E-state index in [4.69, 9.17) is 14.2 Å². The predicted octanol–water partition coefficient (Wildman–Crippen LogP) is 5.53. The zero-order valence-electron chi connectivity index (χ0n) is 20.2. The Kier molecular flexibility index (Phi) is 7.30. The number of carbonyl (C=O) groups excluding carboxylic acids is 3. The molecule has 7 heteroatoms. The molecule has 0 N–H and O–H groups in total. The van der Waals surface area contributed by atoms with E-state index in [0.717, 1.165) is 0 Å². The van der Waals surface area contributed by atoms with Crippen molar-refractivity contribution in [1.29, 1.82) is 0 Å². The highest BCUT2D eigenvalue weighted by Gasteiger charge is 2.38. The number of hydrogen-bond donors (Lipinski definition) is 0. The lowest BCUT2D eigenvalue weighted by atomic mass is 10.0. The highest BCUT2D eigenvalue weighted by atomic mass is 16.5. The molecule has 1 aliphatic heterocycles. The molecule has 0 fully saturated rings. The highest BCUT2D eigenvalue weighted by Crippen LogP contribution is 2.36. The van der Waals surface area contributed by atoms with E-state index in [2.05, 4.69) is 0 Å². The fraction of sp³-hybridized carbons (Fsp3) is 0.138. The lowest BCUT2D eigenvalue weighted by molar-refractivity contribution is -0.136. The third-order valence-corrected chi connectivity index (χ3v) is 5.57. The Morgan fingerprint density at radius 1 is 0.889 bits per heavy atom. The van der Waals surface area contributed by atoms with Crippen molar-refractivity contribution in [3.63, 3.8) is 0 Å². The largest absolute Gasteiger partial charge is 0.465 e. The summed E-state index contributed by atoms with van der Waals surface area (Å²) < 4.78 is 15.9. The third kappa shape index (κ3) is 5.05. The standard InChI is InChI=1S/C29H25NO6/c1-4-35-28(32)21-13-15-22(16-14-21)30-19(2)26(29(33)34-3)25(27(30)31)18-20-9-8-12-24(17-20)36-23-10-6-5-7-11-23/h5-18H,4H2,1-3H3/b25-18-. The second-order valence-corrected chi connectivity index (χ2v) is 7.91. The first-order chi connectivity index (χ1) is 17.4. The lowest BCUT2D eigenvalue weighted by Gasteiger charge is -2.18. The molecule has 1 aliphatic rings. The van der Waals surface area contributed by atoms with E-state index in [1.807, 2.05) is 48.5 Å². The number of allylic oxidation sites excluding steroid dienone is 1. The summed E-state index contributed by atoms with van der Waals surface area (Å²) in [6, 6.07) is 23.0. The minimum atomic E-state index is -0.616. The topological polar surface area (TPSA) is 82.1 Å². The average molecular weight is 484 g/mol. The average Bonchev–Trinajstić information content (AvgIpc) is 3.13. The van der Waals surface area contributed by atoms with Gasteiger partial charge in [-0.05, 0) is 74.0 Å². The third-order valence-electron chi connectivity index (χ3n) is 5.57. The van der Waals surface area contributed by atoms with Gasteiger partial charge in [-0.25, -0.2) is 9.59 Å². The van der Waals surface area contributed by atoms with E-state index in [9.17, 15) is 14.4 Å². The minimum Gasteiger partial charge on any atom is -0.465 e. The van der Waals surface area contributed by atoms with Gasteiger partial charge in [0.2, 0.25) is 0 Å². The lowest BCUT2D eigenvalue weighted by Crippen LogP contribution is -2.24. The van der Waals surface area contributed by atoms with Crippen LogP contribution in [0.25, 0.3) is 6.08 Å². The summed E-state index contributed by atoms with van der Waals surface area (Å²) in [5, 5.41) is 0. The second-order valence-electron chi connectivity index (χ2n) is 7.91. The fourth-order valence-corrected chi connectivity index (χ4v) is 3.91. The van der Waals surface area contributed by atoms with Gasteiger partial charge >= 0.3 is 11.9 Å². The molecule has 0 saturated heterocycles. The van der Waals surface area contributed by atoms with Crippen LogP contribution in [0.5, 0.6) is 11.5 Å². The van der Waals surface area contributed by atoms with Crippen molar-refractivity contribution in [2.24, 2.45) is 0 Å². The number of ether oxygens (including phenoxy) is 3. The van der Waals surface area contributed by atoms with Crippen LogP contribution < -0.4 is 9.64 Å². The van der Waals surface area contributed by atoms with Gasteiger partial charge in [-0.3, -0.25) is 9.69 Å². The number of carbonyl (C=O) groups is 3. The Balaban J connectivity index is 1.68. The van der Waals surface area contributed by atoms with E-state index < -0.39 is 11.9 Å². The number of hydrogen-bond acceptors (Lipinski definition) is 6. The van der Waals surface area contributed by atoms with Gasteiger partial charge in [0.1, 0.15) is 11.5 Å². The van der Waals surface area contributed by atoms with Crippen LogP contribution >= 0.6 is 0 Å². The summed E-state index contributed by atoms with van der Waals surface area (Å²) in [5.41, 5.74) is 2.36. The zero-order valence-corrected chi connectivity index (χ0v) is 20.2. The van der Waals surface area contributed by atoms with Crippen LogP contribution in [0.3, 0.4) is 0 Å². The summed E-state index contributed by atoms with van der Waals surface area (Å²) in [4.78, 5) is 39.6. The maximum absolute atomic E-state index is 13.5. The molecule has 0 bridgehead atoms. The number of benzene rings is 3. The van der Waals surface area contributed by atoms with Crippen LogP contribution in [0, 0.1) is 0 Å². The SMILES string of the molecule is CCOC(=O)c1ccc(N2C(=O)/C(=C\c3cccc(Oc4ccccc4)c3)C(C(=O)OC)=C2C)cc1. The fourth-order valence-electron chi connectivity index (χ4n) is 3.91. The van der Waals surface area contributed by atoms with E-state index in [1.54, 1.807) is 50.3 Å². The number of para-hydroxylation sites is 1. The van der Waals surface area contributed by atoms with Crippen molar-refractivity contribution in [2.75, 3.05) is 18.6 Å². The molecule has 0 spiro atoms. The molecule has 3 aromatic rings. The van der Waals surface area contributed by atoms with E-state index in [0.29, 0.717) is 34.0 Å². The Morgan fingerprint density at radius 2 is 1.58 bits per heavy atom. The van der Waals surface area contributed by atoms with Gasteiger partial charge < -0.3 is 14.2 Å². The maximum atomic E-state index is 13.5. The minimum absolute atomic E-state index is 0.173. The van der Waals surface area contributed by atoms with Gasteiger partial charge in [0.15, 0.2) is 0 Å². The van der Waals surface area contributed by atoms with E-state index in [-0.39, 0.29) is 23.7 Å². The number of methoxy groups -OCH3 is 1. The Morgan fingerprint density at radius 3 is 2.25 bits per heavy atom. The maximum Gasteiger partial charge on any atom is 0.340 e. The first-order valence-electron chi connectivity index (χ1n) is 11.4. The van der Waals surface area contributed by atoms with Gasteiger partial charge in [-0.1, -0.05) is 30.3 Å². The van der Waals surface area contributed by atoms with Crippen molar-refractivity contribution in [3.8, 4) is 11.5 Å². The Hall–Kier alpha value is -4.65. The van der Waals surface area contributed by atoms with Gasteiger partial charge in [-0.2, -0.15) is 0 Å². The van der Waals surface area contributed by atoms with Crippen LogP contribution in [-0.4, -0.2) is 31.6 Å². The predicted molar refractivity (Wildman–Crippen MR) is 136 cm³/mol.